The summed E-state index contributed by atoms with van der Waals surface area (Å²) < 4.78 is 0. The number of allylic oxidation sites excluding steroid dienone is 1. The predicted molar refractivity (Wildman–Crippen MR) is 57.5 cm³/mol. The van der Waals surface area contributed by atoms with Gasteiger partial charge in [0, 0.05) is 5.75 Å². The number of hydrogen-bond donors (Lipinski definition) is 1. The topological polar surface area (TPSA) is 58.6 Å². The SMILES string of the molecule is CC(C)=CCSc1nnc(C)c(=O)[nH]1. The Hall–Kier alpha value is -1.10. The van der Waals surface area contributed by atoms with E-state index in [0.717, 1.165) is 5.75 Å². The second-order valence-electron chi connectivity index (χ2n) is 3.14. The second kappa shape index (κ2) is 4.95. The van der Waals surface area contributed by atoms with Crippen molar-refractivity contribution in [2.45, 2.75) is 25.9 Å². The summed E-state index contributed by atoms with van der Waals surface area (Å²) in [5, 5.41) is 8.17. The summed E-state index contributed by atoms with van der Waals surface area (Å²) in [5.41, 5.74) is 1.48. The molecular formula is C9H13N3OS. The van der Waals surface area contributed by atoms with Crippen LogP contribution >= 0.6 is 11.8 Å². The highest BCUT2D eigenvalue weighted by atomic mass is 32.2. The van der Waals surface area contributed by atoms with E-state index in [4.69, 9.17) is 0 Å². The number of nitrogens with one attached hydrogen (secondary N) is 1. The Morgan fingerprint density at radius 2 is 2.21 bits per heavy atom. The highest BCUT2D eigenvalue weighted by Gasteiger charge is 1.98. The summed E-state index contributed by atoms with van der Waals surface area (Å²) in [6.45, 7) is 5.70. The van der Waals surface area contributed by atoms with Crippen molar-refractivity contribution in [3.63, 3.8) is 0 Å². The van der Waals surface area contributed by atoms with Gasteiger partial charge in [-0.15, -0.1) is 10.2 Å². The van der Waals surface area contributed by atoms with Crippen molar-refractivity contribution in [2.75, 3.05) is 5.75 Å². The Morgan fingerprint density at radius 1 is 1.50 bits per heavy atom. The Labute approximate surface area is 86.8 Å². The minimum absolute atomic E-state index is 0.167. The zero-order valence-corrected chi connectivity index (χ0v) is 9.31. The lowest BCUT2D eigenvalue weighted by atomic mass is 10.3. The van der Waals surface area contributed by atoms with E-state index in [9.17, 15) is 4.79 Å². The molecule has 5 heteroatoms. The van der Waals surface area contributed by atoms with Crippen LogP contribution in [0.4, 0.5) is 0 Å². The third-order valence-electron chi connectivity index (χ3n) is 1.55. The van der Waals surface area contributed by atoms with Gasteiger partial charge in [0.05, 0.1) is 0 Å². The van der Waals surface area contributed by atoms with E-state index < -0.39 is 0 Å². The smallest absolute Gasteiger partial charge is 0.273 e. The van der Waals surface area contributed by atoms with Gasteiger partial charge < -0.3 is 0 Å². The molecule has 0 bridgehead atoms. The van der Waals surface area contributed by atoms with E-state index >= 15 is 0 Å². The first-order chi connectivity index (χ1) is 6.59. The van der Waals surface area contributed by atoms with Crippen molar-refractivity contribution in [3.8, 4) is 0 Å². The Morgan fingerprint density at radius 3 is 2.79 bits per heavy atom. The fourth-order valence-electron chi connectivity index (χ4n) is 0.731. The lowest BCUT2D eigenvalue weighted by molar-refractivity contribution is 0.790. The largest absolute Gasteiger partial charge is 0.298 e. The molecule has 1 N–H and O–H groups in total. The highest BCUT2D eigenvalue weighted by Crippen LogP contribution is 2.10. The monoisotopic (exact) mass is 211 g/mol. The zero-order valence-electron chi connectivity index (χ0n) is 8.50. The van der Waals surface area contributed by atoms with E-state index in [-0.39, 0.29) is 5.56 Å². The maximum Gasteiger partial charge on any atom is 0.273 e. The highest BCUT2D eigenvalue weighted by molar-refractivity contribution is 7.99. The molecule has 0 spiro atoms. The molecule has 4 nitrogen and oxygen atoms in total. The van der Waals surface area contributed by atoms with Crippen LogP contribution in [0.1, 0.15) is 19.5 Å². The van der Waals surface area contributed by atoms with E-state index in [1.165, 1.54) is 17.3 Å². The molecule has 1 aromatic heterocycles. The number of rotatable bonds is 3. The van der Waals surface area contributed by atoms with Gasteiger partial charge in [-0.2, -0.15) is 0 Å². The number of nitrogens with zero attached hydrogens (tertiary/aromatic N) is 2. The van der Waals surface area contributed by atoms with Gasteiger partial charge in [0.15, 0.2) is 5.16 Å². The van der Waals surface area contributed by atoms with Gasteiger partial charge in [0.25, 0.3) is 5.56 Å². The van der Waals surface area contributed by atoms with E-state index in [1.807, 2.05) is 13.8 Å². The normalized spacial score (nSPS) is 9.93. The summed E-state index contributed by atoms with van der Waals surface area (Å²) in [4.78, 5) is 13.8. The van der Waals surface area contributed by atoms with Gasteiger partial charge in [-0.1, -0.05) is 23.4 Å². The minimum atomic E-state index is -0.167. The Balaban J connectivity index is 2.65. The fraction of sp³-hybridized carbons (Fsp3) is 0.444. The van der Waals surface area contributed by atoms with Crippen LogP contribution in [0.2, 0.25) is 0 Å². The molecule has 0 aliphatic rings. The minimum Gasteiger partial charge on any atom is -0.298 e. The predicted octanol–water partition coefficient (Wildman–Crippen LogP) is 1.53. The molecule has 1 rings (SSSR count). The molecule has 14 heavy (non-hydrogen) atoms. The van der Waals surface area contributed by atoms with Gasteiger partial charge >= 0.3 is 0 Å². The van der Waals surface area contributed by atoms with E-state index in [2.05, 4.69) is 21.3 Å². The van der Waals surface area contributed by atoms with Crippen molar-refractivity contribution < 1.29 is 0 Å². The van der Waals surface area contributed by atoms with Gasteiger partial charge in [-0.25, -0.2) is 0 Å². The summed E-state index contributed by atoms with van der Waals surface area (Å²) >= 11 is 1.47. The Bertz CT molecular complexity index is 393. The molecule has 0 unspecified atom stereocenters. The maximum absolute atomic E-state index is 11.2. The molecule has 1 heterocycles. The molecule has 0 atom stereocenters. The maximum atomic E-state index is 11.2. The number of H-pyrrole nitrogens is 1. The van der Waals surface area contributed by atoms with Crippen LogP contribution in [0.15, 0.2) is 21.6 Å². The second-order valence-corrected chi connectivity index (χ2v) is 4.15. The van der Waals surface area contributed by atoms with Gasteiger partial charge in [0.2, 0.25) is 0 Å². The number of aromatic nitrogens is 3. The van der Waals surface area contributed by atoms with Crippen molar-refractivity contribution in [1.29, 1.82) is 0 Å². The third kappa shape index (κ3) is 3.33. The summed E-state index contributed by atoms with van der Waals surface area (Å²) in [6, 6.07) is 0. The third-order valence-corrected chi connectivity index (χ3v) is 2.34. The molecular weight excluding hydrogens is 198 g/mol. The van der Waals surface area contributed by atoms with Gasteiger partial charge in [0.1, 0.15) is 5.69 Å². The van der Waals surface area contributed by atoms with E-state index in [0.29, 0.717) is 10.9 Å². The zero-order chi connectivity index (χ0) is 10.6. The van der Waals surface area contributed by atoms with E-state index in [1.54, 1.807) is 6.92 Å². The molecule has 0 aliphatic heterocycles. The van der Waals surface area contributed by atoms with Crippen LogP contribution in [0, 0.1) is 6.92 Å². The van der Waals surface area contributed by atoms with Crippen LogP contribution in [-0.4, -0.2) is 20.9 Å². The summed E-state index contributed by atoms with van der Waals surface area (Å²) in [5.74, 6) is 0.802. The molecule has 0 radical (unpaired) electrons. The molecule has 0 aromatic carbocycles. The molecule has 0 saturated carbocycles. The Kier molecular flexibility index (Phi) is 3.88. The van der Waals surface area contributed by atoms with Crippen LogP contribution < -0.4 is 5.56 Å². The van der Waals surface area contributed by atoms with Crippen LogP contribution in [0.25, 0.3) is 0 Å². The molecule has 0 saturated heterocycles. The fourth-order valence-corrected chi connectivity index (χ4v) is 1.57. The molecule has 0 fully saturated rings. The lowest BCUT2D eigenvalue weighted by Gasteiger charge is -1.96. The molecule has 1 aromatic rings. The molecule has 0 aliphatic carbocycles. The lowest BCUT2D eigenvalue weighted by Crippen LogP contribution is -2.14. The standard InChI is InChI=1S/C9H13N3OS/c1-6(2)4-5-14-9-10-8(13)7(3)11-12-9/h4H,5H2,1-3H3,(H,10,12,13). The first-order valence-electron chi connectivity index (χ1n) is 4.29. The first-order valence-corrected chi connectivity index (χ1v) is 5.28. The average molecular weight is 211 g/mol. The van der Waals surface area contributed by atoms with Crippen molar-refractivity contribution >= 4 is 11.8 Å². The quantitative estimate of drug-likeness (QED) is 0.608. The average Bonchev–Trinajstić information content (AvgIpc) is 2.10. The van der Waals surface area contributed by atoms with Crippen LogP contribution in [0.3, 0.4) is 0 Å². The molecule has 0 amide bonds. The van der Waals surface area contributed by atoms with Gasteiger partial charge in [-0.05, 0) is 20.8 Å². The van der Waals surface area contributed by atoms with Gasteiger partial charge in [-0.3, -0.25) is 9.78 Å². The number of thioether (sulfide) groups is 1. The van der Waals surface area contributed by atoms with Crippen LogP contribution in [-0.2, 0) is 0 Å². The summed E-state index contributed by atoms with van der Waals surface area (Å²) in [7, 11) is 0. The molecule has 76 valence electrons. The first kappa shape index (κ1) is 11.0. The number of aryl methyl sites for hydroxylation is 1. The number of aromatic amines is 1. The van der Waals surface area contributed by atoms with Crippen molar-refractivity contribution in [1.82, 2.24) is 15.2 Å². The van der Waals surface area contributed by atoms with Crippen molar-refractivity contribution in [2.24, 2.45) is 0 Å². The number of hydrogen-bond acceptors (Lipinski definition) is 4. The van der Waals surface area contributed by atoms with Crippen LogP contribution in [0.5, 0.6) is 0 Å². The summed E-state index contributed by atoms with van der Waals surface area (Å²) in [6.07, 6.45) is 2.07. The van der Waals surface area contributed by atoms with Crippen molar-refractivity contribution in [3.05, 3.63) is 27.7 Å².